The maximum Gasteiger partial charge on any atom is 0.472 e. The molecule has 0 amide bonds. The van der Waals surface area contributed by atoms with Crippen LogP contribution in [0.15, 0.2) is 48.6 Å². The average molecular weight is 1110 g/mol. The fraction of sp³-hybridized carbons (Fsp3) is 0.783. The Balaban J connectivity index is 2.92. The van der Waals surface area contributed by atoms with Crippen LogP contribution in [0.25, 0.3) is 0 Å². The molecule has 0 radical (unpaired) electrons. The van der Waals surface area contributed by atoms with E-state index >= 15 is 0 Å². The van der Waals surface area contributed by atoms with E-state index in [2.05, 4.69) is 51.7 Å². The van der Waals surface area contributed by atoms with Gasteiger partial charge < -0.3 is 53.9 Å². The van der Waals surface area contributed by atoms with Gasteiger partial charge in [-0.25, -0.2) is 18.3 Å². The number of phosphoric ester groups is 4. The van der Waals surface area contributed by atoms with Crippen LogP contribution in [0.2, 0.25) is 0 Å². The highest BCUT2D eigenvalue weighted by molar-refractivity contribution is 7.47. The van der Waals surface area contributed by atoms with Gasteiger partial charge in [-0.05, 0) is 51.4 Å². The first-order valence-corrected chi connectivity index (χ1v) is 31.3. The number of rotatable bonds is 43. The van der Waals surface area contributed by atoms with E-state index in [4.69, 9.17) is 18.5 Å². The van der Waals surface area contributed by atoms with Crippen molar-refractivity contribution in [3.05, 3.63) is 48.6 Å². The van der Waals surface area contributed by atoms with Gasteiger partial charge in [-0.15, -0.1) is 0 Å². The molecule has 0 heterocycles. The number of unbranched alkanes of at least 4 members (excludes halogenated alkanes) is 17. The molecule has 420 valence electrons. The van der Waals surface area contributed by atoms with Gasteiger partial charge in [0.2, 0.25) is 0 Å². The Bertz CT molecular complexity index is 1760. The zero-order chi connectivity index (χ0) is 53.9. The molecule has 0 aromatic carbocycles. The van der Waals surface area contributed by atoms with E-state index < -0.39 is 99.2 Å². The van der Waals surface area contributed by atoms with Crippen molar-refractivity contribution in [1.82, 2.24) is 0 Å². The van der Waals surface area contributed by atoms with Gasteiger partial charge >= 0.3 is 43.2 Å². The minimum Gasteiger partial charge on any atom is -0.462 e. The number of carbonyl (C=O) groups excluding carboxylic acids is 2. The van der Waals surface area contributed by atoms with Crippen molar-refractivity contribution in [1.29, 1.82) is 0 Å². The fourth-order valence-electron chi connectivity index (χ4n) is 7.49. The highest BCUT2D eigenvalue weighted by atomic mass is 31.2. The number of esters is 2. The summed E-state index contributed by atoms with van der Waals surface area (Å²) in [6.45, 7) is 2.69. The summed E-state index contributed by atoms with van der Waals surface area (Å²) in [5.41, 5.74) is 0. The first kappa shape index (κ1) is 68.3. The Kier molecular flexibility index (Phi) is 36.7. The average Bonchev–Trinajstić information content (AvgIpc) is 3.28. The summed E-state index contributed by atoms with van der Waals surface area (Å²) in [6, 6.07) is 0. The number of aliphatic hydroxyl groups is 2. The summed E-state index contributed by atoms with van der Waals surface area (Å²) in [5, 5.41) is 21.9. The molecule has 0 saturated heterocycles. The minimum atomic E-state index is -5.80. The Hall–Kier alpha value is -1.74. The molecule has 1 rings (SSSR count). The number of aliphatic hydroxyl groups excluding tert-OH is 2. The van der Waals surface area contributed by atoms with Gasteiger partial charge in [0.25, 0.3) is 0 Å². The number of phosphoric acid groups is 4. The lowest BCUT2D eigenvalue weighted by Crippen LogP contribution is -2.65. The molecule has 72 heavy (non-hydrogen) atoms. The van der Waals surface area contributed by atoms with Gasteiger partial charge in [0.1, 0.15) is 43.2 Å². The van der Waals surface area contributed by atoms with Crippen LogP contribution in [-0.2, 0) is 59.9 Å². The second-order valence-electron chi connectivity index (χ2n) is 17.6. The minimum absolute atomic E-state index is 0.0239. The van der Waals surface area contributed by atoms with E-state index in [1.54, 1.807) is 0 Å². The number of ether oxygens (including phenoxy) is 2. The van der Waals surface area contributed by atoms with Gasteiger partial charge in [0, 0.05) is 12.8 Å². The van der Waals surface area contributed by atoms with Crippen molar-refractivity contribution in [2.24, 2.45) is 0 Å². The molecular formula is C46H84O22P4. The molecule has 0 bridgehead atoms. The molecule has 1 saturated carbocycles. The molecule has 0 aromatic rings. The van der Waals surface area contributed by atoms with E-state index in [0.29, 0.717) is 25.7 Å². The van der Waals surface area contributed by atoms with Crippen molar-refractivity contribution in [2.75, 3.05) is 13.2 Å². The number of hydrogen-bond donors (Lipinski definition) is 9. The maximum absolute atomic E-state index is 13.3. The van der Waals surface area contributed by atoms with Gasteiger partial charge in [0.05, 0.1) is 6.61 Å². The molecule has 1 aliphatic rings. The molecule has 26 heteroatoms. The largest absolute Gasteiger partial charge is 0.472 e. The lowest BCUT2D eigenvalue weighted by atomic mass is 9.85. The van der Waals surface area contributed by atoms with Crippen molar-refractivity contribution < 1.29 is 104 Å². The van der Waals surface area contributed by atoms with Crippen molar-refractivity contribution in [3.63, 3.8) is 0 Å². The van der Waals surface area contributed by atoms with Crippen molar-refractivity contribution in [2.45, 2.75) is 217 Å². The zero-order valence-electron chi connectivity index (χ0n) is 41.9. The maximum atomic E-state index is 13.3. The highest BCUT2D eigenvalue weighted by Crippen LogP contribution is 2.53. The zero-order valence-corrected chi connectivity index (χ0v) is 45.5. The van der Waals surface area contributed by atoms with Crippen LogP contribution in [-0.4, -0.2) is 112 Å². The molecule has 1 fully saturated rings. The normalized spacial score (nSPS) is 21.5. The number of carbonyl (C=O) groups is 2. The molecule has 8 atom stereocenters. The summed E-state index contributed by atoms with van der Waals surface area (Å²) in [5.74, 6) is -1.47. The van der Waals surface area contributed by atoms with Crippen LogP contribution < -0.4 is 0 Å². The summed E-state index contributed by atoms with van der Waals surface area (Å²) in [7, 11) is -23.0. The number of hydrogen-bond acceptors (Lipinski definition) is 15. The third-order valence-electron chi connectivity index (χ3n) is 11.1. The summed E-state index contributed by atoms with van der Waals surface area (Å²) in [4.78, 5) is 92.9. The Morgan fingerprint density at radius 2 is 0.819 bits per heavy atom. The molecule has 0 spiro atoms. The fourth-order valence-corrected chi connectivity index (χ4v) is 10.1. The van der Waals surface area contributed by atoms with E-state index in [-0.39, 0.29) is 12.8 Å². The van der Waals surface area contributed by atoms with E-state index in [1.807, 2.05) is 24.3 Å². The van der Waals surface area contributed by atoms with Gasteiger partial charge in [-0.3, -0.25) is 32.2 Å². The third-order valence-corrected chi connectivity index (χ3v) is 13.7. The number of allylic oxidation sites excluding steroid dienone is 8. The Morgan fingerprint density at radius 3 is 1.26 bits per heavy atom. The molecule has 0 aliphatic heterocycles. The smallest absolute Gasteiger partial charge is 0.462 e. The van der Waals surface area contributed by atoms with Crippen LogP contribution in [0.4, 0.5) is 0 Å². The summed E-state index contributed by atoms with van der Waals surface area (Å²) < 4.78 is 82.1. The monoisotopic (exact) mass is 1110 g/mol. The van der Waals surface area contributed by atoms with Crippen LogP contribution >= 0.6 is 31.3 Å². The van der Waals surface area contributed by atoms with E-state index in [0.717, 1.165) is 51.4 Å². The van der Waals surface area contributed by atoms with Crippen LogP contribution in [0.5, 0.6) is 0 Å². The molecule has 0 aromatic heterocycles. The highest BCUT2D eigenvalue weighted by Gasteiger charge is 2.59. The van der Waals surface area contributed by atoms with Gasteiger partial charge in [-0.1, -0.05) is 159 Å². The molecule has 3 unspecified atom stereocenters. The second-order valence-corrected chi connectivity index (χ2v) is 22.6. The van der Waals surface area contributed by atoms with Crippen molar-refractivity contribution in [3.8, 4) is 0 Å². The standard InChI is InChI=1S/C46H84O22P4/c1-3-5-7-9-11-13-15-17-19-20-21-23-25-27-29-31-33-35-40(48)64-38(36-62-39(47)34-32-30-28-26-24-22-18-16-14-12-10-8-6-4-2)37-63-72(60,61)68-43-41(49)44(65-69(51,52)53)46(67-71(57,58)59)45(42(43)50)66-70(54,55)56/h11,13,17,19,21,23,27,29,38,41-46,49-50H,3-10,12,14-16,18,20,22,24-26,28,30-37H2,1-2H3,(H,60,61)(H2,51,52,53)(H2,54,55,56)(H2,57,58,59)/b13-11-,19-17-,23-21-,29-27-/t38-,41+,42+,43?,44-,45+,46?/m1/s1. The Morgan fingerprint density at radius 1 is 0.444 bits per heavy atom. The van der Waals surface area contributed by atoms with Crippen molar-refractivity contribution >= 4 is 43.2 Å². The van der Waals surface area contributed by atoms with Crippen LogP contribution in [0.1, 0.15) is 174 Å². The lowest BCUT2D eigenvalue weighted by Gasteiger charge is -2.45. The molecular weight excluding hydrogens is 1030 g/mol. The second kappa shape index (κ2) is 38.7. The van der Waals surface area contributed by atoms with Gasteiger partial charge in [-0.2, -0.15) is 0 Å². The molecule has 9 N–H and O–H groups in total. The topological polar surface area (TPSA) is 349 Å². The molecule has 22 nitrogen and oxygen atoms in total. The van der Waals surface area contributed by atoms with Crippen LogP contribution in [0.3, 0.4) is 0 Å². The van der Waals surface area contributed by atoms with Crippen LogP contribution in [0, 0.1) is 0 Å². The van der Waals surface area contributed by atoms with E-state index in [9.17, 15) is 72.3 Å². The first-order valence-electron chi connectivity index (χ1n) is 25.2. The third kappa shape index (κ3) is 36.3. The van der Waals surface area contributed by atoms with Gasteiger partial charge in [0.15, 0.2) is 6.10 Å². The Labute approximate surface area is 425 Å². The molecule has 1 aliphatic carbocycles. The summed E-state index contributed by atoms with van der Waals surface area (Å²) in [6.07, 6.45) is 21.8. The predicted molar refractivity (Wildman–Crippen MR) is 268 cm³/mol. The SMILES string of the molecule is CCCCC/C=C\C/C=C\C/C=C\C/C=C\CCCC(=O)O[C@H](COC(=O)CCCCCCCCCCCCCCCC)COP(=O)(O)OC1[C@H](O)[C@H](OP(=O)(O)O)C(OP(=O)(O)O)[C@H](OP(=O)(O)O)[C@H]1O. The summed E-state index contributed by atoms with van der Waals surface area (Å²) >= 11 is 0. The first-order chi connectivity index (χ1) is 34.0. The van der Waals surface area contributed by atoms with E-state index in [1.165, 1.54) is 70.6 Å². The lowest BCUT2D eigenvalue weighted by molar-refractivity contribution is -0.209. The quantitative estimate of drug-likeness (QED) is 0.0119. The predicted octanol–water partition coefficient (Wildman–Crippen LogP) is 9.13.